The van der Waals surface area contributed by atoms with Gasteiger partial charge in [-0.05, 0) is 44.4 Å². The second kappa shape index (κ2) is 6.36. The Morgan fingerprint density at radius 1 is 1.26 bits per heavy atom. The highest BCUT2D eigenvalue weighted by molar-refractivity contribution is 7.11. The molecule has 1 aromatic rings. The number of hydrogen-bond donors (Lipinski definition) is 1. The van der Waals surface area contributed by atoms with Crippen LogP contribution in [0, 0.1) is 5.92 Å². The molecule has 0 saturated heterocycles. The van der Waals surface area contributed by atoms with E-state index in [1.54, 1.807) is 0 Å². The third-order valence-electron chi connectivity index (χ3n) is 4.59. The van der Waals surface area contributed by atoms with Gasteiger partial charge in [0.2, 0.25) is 0 Å². The molecular weight excluding hydrogens is 252 g/mol. The first-order valence-corrected chi connectivity index (χ1v) is 8.72. The molecule has 1 aromatic heterocycles. The van der Waals surface area contributed by atoms with Gasteiger partial charge in [0.15, 0.2) is 0 Å². The molecule has 1 aliphatic rings. The van der Waals surface area contributed by atoms with Crippen LogP contribution in [0.25, 0.3) is 0 Å². The SMILES string of the molecule is CCCc1nc(C2(N)CCC(CC)CC2)sc1CC. The molecule has 2 N–H and O–H groups in total. The van der Waals surface area contributed by atoms with Gasteiger partial charge in [-0.2, -0.15) is 0 Å². The van der Waals surface area contributed by atoms with Crippen molar-refractivity contribution in [2.75, 3.05) is 0 Å². The molecule has 0 bridgehead atoms. The van der Waals surface area contributed by atoms with Crippen molar-refractivity contribution in [2.45, 2.75) is 77.7 Å². The Morgan fingerprint density at radius 2 is 1.95 bits per heavy atom. The van der Waals surface area contributed by atoms with E-state index in [0.29, 0.717) is 0 Å². The van der Waals surface area contributed by atoms with Gasteiger partial charge in [-0.1, -0.05) is 33.6 Å². The molecule has 0 amide bonds. The van der Waals surface area contributed by atoms with Crippen LogP contribution in [0.2, 0.25) is 0 Å². The highest BCUT2D eigenvalue weighted by Gasteiger charge is 2.35. The lowest BCUT2D eigenvalue weighted by Crippen LogP contribution is -2.40. The molecule has 0 radical (unpaired) electrons. The quantitative estimate of drug-likeness (QED) is 0.867. The molecule has 1 saturated carbocycles. The summed E-state index contributed by atoms with van der Waals surface area (Å²) in [7, 11) is 0. The van der Waals surface area contributed by atoms with Crippen LogP contribution < -0.4 is 5.73 Å². The number of aromatic nitrogens is 1. The van der Waals surface area contributed by atoms with Crippen molar-refractivity contribution < 1.29 is 0 Å². The maximum absolute atomic E-state index is 6.68. The van der Waals surface area contributed by atoms with Gasteiger partial charge in [-0.3, -0.25) is 0 Å². The maximum atomic E-state index is 6.68. The average molecular weight is 280 g/mol. The van der Waals surface area contributed by atoms with Crippen LogP contribution in [0.1, 0.15) is 74.9 Å². The third-order valence-corrected chi connectivity index (χ3v) is 6.05. The minimum absolute atomic E-state index is 0.133. The molecule has 2 nitrogen and oxygen atoms in total. The van der Waals surface area contributed by atoms with Crippen molar-refractivity contribution in [3.63, 3.8) is 0 Å². The van der Waals surface area contributed by atoms with Crippen molar-refractivity contribution >= 4 is 11.3 Å². The average Bonchev–Trinajstić information content (AvgIpc) is 2.84. The highest BCUT2D eigenvalue weighted by atomic mass is 32.1. The lowest BCUT2D eigenvalue weighted by atomic mass is 9.76. The Kier molecular flexibility index (Phi) is 5.02. The van der Waals surface area contributed by atoms with Crippen LogP contribution in [0.5, 0.6) is 0 Å². The second-order valence-corrected chi connectivity index (χ2v) is 7.08. The Labute approximate surface area is 121 Å². The Balaban J connectivity index is 2.16. The van der Waals surface area contributed by atoms with Gasteiger partial charge < -0.3 is 5.73 Å². The topological polar surface area (TPSA) is 38.9 Å². The zero-order valence-corrected chi connectivity index (χ0v) is 13.5. The number of aryl methyl sites for hydroxylation is 2. The number of nitrogens with two attached hydrogens (primary N) is 1. The van der Waals surface area contributed by atoms with Gasteiger partial charge in [-0.15, -0.1) is 11.3 Å². The van der Waals surface area contributed by atoms with Gasteiger partial charge in [0.05, 0.1) is 11.2 Å². The van der Waals surface area contributed by atoms with Crippen LogP contribution in [0.15, 0.2) is 0 Å². The van der Waals surface area contributed by atoms with Crippen LogP contribution >= 0.6 is 11.3 Å². The molecule has 19 heavy (non-hydrogen) atoms. The first kappa shape index (κ1) is 15.0. The second-order valence-electron chi connectivity index (χ2n) is 6.00. The minimum Gasteiger partial charge on any atom is -0.319 e. The standard InChI is InChI=1S/C16H28N2S/c1-4-7-13-14(6-3)19-15(18-13)16(17)10-8-12(5-2)9-11-16/h12H,4-11,17H2,1-3H3. The number of rotatable bonds is 5. The first-order chi connectivity index (χ1) is 9.12. The van der Waals surface area contributed by atoms with E-state index in [1.807, 2.05) is 11.3 Å². The van der Waals surface area contributed by atoms with E-state index in [1.165, 1.54) is 41.3 Å². The van der Waals surface area contributed by atoms with Gasteiger partial charge in [0, 0.05) is 4.88 Å². The van der Waals surface area contributed by atoms with Gasteiger partial charge in [0.25, 0.3) is 0 Å². The summed E-state index contributed by atoms with van der Waals surface area (Å²) in [5.41, 5.74) is 7.86. The summed E-state index contributed by atoms with van der Waals surface area (Å²) in [4.78, 5) is 6.37. The Bertz CT molecular complexity index is 403. The van der Waals surface area contributed by atoms with E-state index < -0.39 is 0 Å². The smallest absolute Gasteiger partial charge is 0.113 e. The Hall–Kier alpha value is -0.410. The molecule has 0 atom stereocenters. The van der Waals surface area contributed by atoms with Crippen LogP contribution in [0.4, 0.5) is 0 Å². The largest absolute Gasteiger partial charge is 0.319 e. The van der Waals surface area contributed by atoms with E-state index in [9.17, 15) is 0 Å². The summed E-state index contributed by atoms with van der Waals surface area (Å²) in [5.74, 6) is 0.886. The molecule has 2 rings (SSSR count). The van der Waals surface area contributed by atoms with Gasteiger partial charge in [0.1, 0.15) is 5.01 Å². The van der Waals surface area contributed by atoms with Crippen LogP contribution in [0.3, 0.4) is 0 Å². The molecule has 1 heterocycles. The zero-order chi connectivity index (χ0) is 13.9. The molecule has 1 fully saturated rings. The third kappa shape index (κ3) is 3.19. The van der Waals surface area contributed by atoms with E-state index in [-0.39, 0.29) is 5.54 Å². The van der Waals surface area contributed by atoms with Crippen molar-refractivity contribution in [1.29, 1.82) is 0 Å². The van der Waals surface area contributed by atoms with Gasteiger partial charge in [-0.25, -0.2) is 4.98 Å². The fourth-order valence-electron chi connectivity index (χ4n) is 3.12. The summed E-state index contributed by atoms with van der Waals surface area (Å²) in [6, 6.07) is 0. The van der Waals surface area contributed by atoms with Crippen molar-refractivity contribution in [2.24, 2.45) is 11.7 Å². The van der Waals surface area contributed by atoms with Crippen LogP contribution in [-0.2, 0) is 18.4 Å². The van der Waals surface area contributed by atoms with E-state index >= 15 is 0 Å². The molecule has 0 aliphatic heterocycles. The molecule has 3 heteroatoms. The fourth-order valence-corrected chi connectivity index (χ4v) is 4.33. The molecule has 0 unspecified atom stereocenters. The number of nitrogens with zero attached hydrogens (tertiary/aromatic N) is 1. The minimum atomic E-state index is -0.133. The van der Waals surface area contributed by atoms with Gasteiger partial charge >= 0.3 is 0 Å². The monoisotopic (exact) mass is 280 g/mol. The fraction of sp³-hybridized carbons (Fsp3) is 0.812. The molecular formula is C16H28N2S. The normalized spacial score (nSPS) is 27.7. The van der Waals surface area contributed by atoms with Crippen LogP contribution in [-0.4, -0.2) is 4.98 Å². The maximum Gasteiger partial charge on any atom is 0.113 e. The van der Waals surface area contributed by atoms with E-state index in [4.69, 9.17) is 10.7 Å². The predicted molar refractivity (Wildman–Crippen MR) is 83.6 cm³/mol. The van der Waals surface area contributed by atoms with Crippen molar-refractivity contribution in [3.8, 4) is 0 Å². The lowest BCUT2D eigenvalue weighted by molar-refractivity contribution is 0.231. The summed E-state index contributed by atoms with van der Waals surface area (Å²) < 4.78 is 0. The highest BCUT2D eigenvalue weighted by Crippen LogP contribution is 2.40. The summed E-state index contributed by atoms with van der Waals surface area (Å²) in [6.45, 7) is 6.75. The number of thiazole rings is 1. The summed E-state index contributed by atoms with van der Waals surface area (Å²) in [6.07, 6.45) is 9.46. The van der Waals surface area contributed by atoms with E-state index in [2.05, 4.69) is 20.8 Å². The Morgan fingerprint density at radius 3 is 2.47 bits per heavy atom. The first-order valence-electron chi connectivity index (χ1n) is 7.90. The molecule has 1 aliphatic carbocycles. The molecule has 0 aromatic carbocycles. The summed E-state index contributed by atoms with van der Waals surface area (Å²) >= 11 is 1.88. The number of hydrogen-bond acceptors (Lipinski definition) is 3. The van der Waals surface area contributed by atoms with E-state index in [0.717, 1.165) is 31.6 Å². The van der Waals surface area contributed by atoms with Crippen molar-refractivity contribution in [1.82, 2.24) is 4.98 Å². The van der Waals surface area contributed by atoms with Crippen molar-refractivity contribution in [3.05, 3.63) is 15.6 Å². The predicted octanol–water partition coefficient (Wildman–Crippen LogP) is 4.41. The summed E-state index contributed by atoms with van der Waals surface area (Å²) in [5, 5.41) is 1.21. The lowest BCUT2D eigenvalue weighted by Gasteiger charge is -2.35. The zero-order valence-electron chi connectivity index (χ0n) is 12.7. The molecule has 0 spiro atoms. The molecule has 108 valence electrons.